The van der Waals surface area contributed by atoms with Crippen LogP contribution in [-0.2, 0) is 81.1 Å². The summed E-state index contributed by atoms with van der Waals surface area (Å²) in [6, 6.07) is -2.79. The van der Waals surface area contributed by atoms with Gasteiger partial charge in [-0.15, -0.1) is 0 Å². The summed E-state index contributed by atoms with van der Waals surface area (Å²) in [5.41, 5.74) is 13.1. The number of carbonyl (C=O) groups is 14. The summed E-state index contributed by atoms with van der Waals surface area (Å²) >= 11 is 0. The van der Waals surface area contributed by atoms with Crippen molar-refractivity contribution in [2.24, 2.45) is 29.0 Å². The minimum Gasteiger partial charge on any atom is -0.480 e. The highest BCUT2D eigenvalue weighted by Gasteiger charge is 2.57. The molecule has 0 unspecified atom stereocenters. The molecule has 0 aromatic carbocycles. The number of amides is 10. The average Bonchev–Trinajstić information content (AvgIpc) is 1.59. The van der Waals surface area contributed by atoms with Crippen LogP contribution in [0.2, 0.25) is 0 Å². The summed E-state index contributed by atoms with van der Waals surface area (Å²) in [6.45, 7) is 27.2. The molecule has 9 aliphatic rings. The van der Waals surface area contributed by atoms with Crippen LogP contribution in [0.4, 0.5) is 23.9 Å². The van der Waals surface area contributed by atoms with Gasteiger partial charge in [-0.25, -0.2) is 43.3 Å². The third-order valence-corrected chi connectivity index (χ3v) is 14.5. The quantitative estimate of drug-likeness (QED) is 0.119. The molecule has 0 aromatic heterocycles. The first kappa shape index (κ1) is 83.4. The van der Waals surface area contributed by atoms with Crippen LogP contribution < -0.4 is 33.2 Å². The van der Waals surface area contributed by atoms with Crippen molar-refractivity contribution >= 4 is 83.7 Å². The number of piperidine rings is 2. The van der Waals surface area contributed by atoms with Crippen LogP contribution in [0.3, 0.4) is 0 Å². The van der Waals surface area contributed by atoms with E-state index in [0.29, 0.717) is 70.1 Å². The van der Waals surface area contributed by atoms with Gasteiger partial charge in [0.2, 0.25) is 35.4 Å². The normalized spacial score (nSPS) is 25.1. The summed E-state index contributed by atoms with van der Waals surface area (Å²) in [5.74, 6) is -2.79. The third kappa shape index (κ3) is 28.0. The molecule has 7 aliphatic heterocycles. The van der Waals surface area contributed by atoms with E-state index in [1.807, 2.05) is 20.8 Å². The molecule has 10 N–H and O–H groups in total. The predicted molar refractivity (Wildman–Crippen MR) is 341 cm³/mol. The van der Waals surface area contributed by atoms with E-state index in [9.17, 15) is 67.1 Å². The minimum absolute atomic E-state index is 0. The first-order valence-electron chi connectivity index (χ1n) is 31.8. The number of carbonyl (C=O) groups excluding carboxylic acids is 13. The summed E-state index contributed by atoms with van der Waals surface area (Å²) in [4.78, 5) is 162. The van der Waals surface area contributed by atoms with Crippen LogP contribution in [0.15, 0.2) is 24.6 Å². The molecule has 0 bridgehead atoms. The average molecular weight is 1370 g/mol. The van der Waals surface area contributed by atoms with Gasteiger partial charge in [0.1, 0.15) is 58.7 Å². The summed E-state index contributed by atoms with van der Waals surface area (Å²) in [6.07, 6.45) is 11.3. The van der Waals surface area contributed by atoms with Gasteiger partial charge in [-0.1, -0.05) is 12.2 Å². The monoisotopic (exact) mass is 1370 g/mol. The summed E-state index contributed by atoms with van der Waals surface area (Å²) in [5, 5.41) is 16.3. The van der Waals surface area contributed by atoms with E-state index in [1.54, 1.807) is 101 Å². The van der Waals surface area contributed by atoms with Crippen LogP contribution in [0, 0.1) is 11.8 Å². The number of primary amides is 3. The second kappa shape index (κ2) is 36.5. The van der Waals surface area contributed by atoms with Gasteiger partial charge in [0.15, 0.2) is 0 Å². The Hall–Kier alpha value is -8.65. The van der Waals surface area contributed by atoms with Gasteiger partial charge in [0.05, 0.1) is 25.9 Å². The van der Waals surface area contributed by atoms with Crippen LogP contribution in [0.25, 0.3) is 0 Å². The van der Waals surface area contributed by atoms with Crippen LogP contribution in [-0.4, -0.2) is 205 Å². The van der Waals surface area contributed by atoms with E-state index in [4.69, 9.17) is 55.5 Å². The fourth-order valence-corrected chi connectivity index (χ4v) is 10.1. The number of hydrogen-bond donors (Lipinski definition) is 7. The van der Waals surface area contributed by atoms with Crippen molar-refractivity contribution in [1.82, 2.24) is 35.6 Å². The van der Waals surface area contributed by atoms with E-state index < -0.39 is 119 Å². The van der Waals surface area contributed by atoms with Crippen molar-refractivity contribution in [2.75, 3.05) is 19.8 Å². The van der Waals surface area contributed by atoms with E-state index in [2.05, 4.69) is 16.0 Å². The Morgan fingerprint density at radius 2 is 0.927 bits per heavy atom. The van der Waals surface area contributed by atoms with Gasteiger partial charge in [0.25, 0.3) is 0 Å². The van der Waals surface area contributed by atoms with Gasteiger partial charge in [-0.05, 0) is 173 Å². The number of aliphatic carboxylic acids is 1. The Kier molecular flexibility index (Phi) is 31.7. The van der Waals surface area contributed by atoms with Crippen molar-refractivity contribution in [1.29, 1.82) is 0 Å². The molecule has 10 amide bonds. The Bertz CT molecular complexity index is 2860. The molecule has 0 aromatic rings. The van der Waals surface area contributed by atoms with Crippen molar-refractivity contribution in [3.05, 3.63) is 24.6 Å². The number of ether oxygens (including phenoxy) is 7. The van der Waals surface area contributed by atoms with Crippen molar-refractivity contribution in [3.63, 3.8) is 0 Å². The number of imide groups is 1. The number of rotatable bonds is 10. The van der Waals surface area contributed by atoms with E-state index in [-0.39, 0.29) is 61.4 Å². The summed E-state index contributed by atoms with van der Waals surface area (Å²) < 4.78 is 35.2. The zero-order valence-electron chi connectivity index (χ0n) is 57.7. The number of nitrogens with one attached hydrogen (secondary N) is 3. The molecule has 0 radical (unpaired) electrons. The number of esters is 3. The van der Waals surface area contributed by atoms with Gasteiger partial charge >= 0.3 is 48.3 Å². The predicted octanol–water partition coefficient (Wildman–Crippen LogP) is 4.21. The minimum atomic E-state index is -0.944. The number of likely N-dealkylation sites (tertiary alicyclic amines) is 2. The molecule has 32 nitrogen and oxygen atoms in total. The third-order valence-electron chi connectivity index (χ3n) is 14.5. The Balaban J connectivity index is 0.000000571. The Morgan fingerprint density at radius 1 is 0.500 bits per heavy atom. The number of carboxylic acids is 1. The standard InChI is InChI=1S/C12H19NO5.C12H19NO4.C11H18N2O3.C10H16N2O3.C7H11NO3.C6H10N2O.C5H7NO3.FH.H2/c1-5-17-10(15)8-6-7-9(14)13(8)11(16)18-12(2,3)4;1-5-16-10(14)9-7-6-8-13(9)11(15)17-12(2,3)4;1-11(2,3)16-10(15)13-7-4-6(7)5-8(13)9(12)14;1-10(2,3)15-9(14)12-6-4-5-7(12)8(11)13;1-2-11-7(10)5-3-4-6(9)8-5;7-6(9)5-2-3-1-4(3)8-5;7-4-2-1-3(6-4)5(8)9;;/h8H,5-7H2,1-4H3;6,8-9H,5,7H2,1-4H3;6-8H,4-5H2,1-3H3,(H2,12,14);4,6-7H,5H2,1-3H3,(H2,11,13);5H,2-4H2,1H3,(H,8,9);3-5,8H,1-2H2,(H2,7,9);3H,1-2H2,(H,6,7)(H,8,9);2*1H/t8-;9-;6-,7-,8-;7-;5-;3-,4-,5-;3-;;/m0000000../s1. The first-order chi connectivity index (χ1) is 43.9. The molecule has 0 spiro atoms. The Labute approximate surface area is 560 Å². The molecule has 9 rings (SSSR count). The van der Waals surface area contributed by atoms with Crippen LogP contribution in [0.1, 0.15) is 182 Å². The fraction of sp³-hybridized carbons (Fsp3) is 0.714. The SMILES string of the molecule is CC(C)(C)OC(=O)N1C=CC[C@H]1C(N)=O.CC(C)(C)OC(=O)N1[C@H](C(N)=O)C[C@@H]2C[C@@H]21.CCOC(=O)[C@@H]1CC=CN1C(=O)OC(C)(C)C.CCOC(=O)[C@@H]1CCC(=O)N1.CCOC(=O)[C@@H]1CCC(=O)N1C(=O)OC(C)(C)C.F.NC(=O)[C@@H]1C[C@@H]2C[C@@H]2N1.O=C1CC[C@@H](C(=O)O)N1.[HH]. The van der Waals surface area contributed by atoms with Crippen molar-refractivity contribution in [3.8, 4) is 0 Å². The molecular weight excluding hydrogens is 1270 g/mol. The zero-order valence-corrected chi connectivity index (χ0v) is 57.7. The van der Waals surface area contributed by atoms with Crippen LogP contribution >= 0.6 is 0 Å². The molecular formula is C63H103FN10O22. The van der Waals surface area contributed by atoms with Crippen molar-refractivity contribution in [2.45, 2.75) is 258 Å². The largest absolute Gasteiger partial charge is 0.480 e. The number of fused-ring (bicyclic) bond motifs is 2. The highest BCUT2D eigenvalue weighted by Crippen LogP contribution is 2.48. The Morgan fingerprint density at radius 3 is 1.31 bits per heavy atom. The fourth-order valence-electron chi connectivity index (χ4n) is 10.1. The highest BCUT2D eigenvalue weighted by atomic mass is 19.0. The van der Waals surface area contributed by atoms with Gasteiger partial charge in [0, 0.05) is 45.2 Å². The van der Waals surface area contributed by atoms with E-state index >= 15 is 0 Å². The molecule has 11 atom stereocenters. The molecule has 33 heteroatoms. The maximum absolute atomic E-state index is 11.9. The number of carboxylic acid groups (broad SMARTS) is 1. The van der Waals surface area contributed by atoms with Gasteiger partial charge in [-0.3, -0.25) is 48.2 Å². The van der Waals surface area contributed by atoms with E-state index in [1.165, 1.54) is 27.3 Å². The lowest BCUT2D eigenvalue weighted by atomic mass is 10.1. The number of hydrogen-bond acceptors (Lipinski definition) is 22. The second-order valence-corrected chi connectivity index (χ2v) is 27.2. The molecule has 544 valence electrons. The molecule has 5 saturated heterocycles. The van der Waals surface area contributed by atoms with Gasteiger partial charge < -0.3 is 71.4 Å². The number of nitrogens with zero attached hydrogens (tertiary/aromatic N) is 4. The van der Waals surface area contributed by atoms with Gasteiger partial charge in [-0.2, -0.15) is 0 Å². The molecule has 2 aliphatic carbocycles. The second-order valence-electron chi connectivity index (χ2n) is 27.2. The topological polar surface area (TPSA) is 451 Å². The zero-order chi connectivity index (χ0) is 72.2. The maximum atomic E-state index is 11.9. The number of halogens is 1. The smallest absolute Gasteiger partial charge is 0.417 e. The molecule has 7 fully saturated rings. The van der Waals surface area contributed by atoms with Crippen LogP contribution in [0.5, 0.6) is 0 Å². The lowest BCUT2D eigenvalue weighted by Gasteiger charge is -2.28. The molecule has 7 heterocycles. The highest BCUT2D eigenvalue weighted by molar-refractivity contribution is 5.99. The molecule has 96 heavy (non-hydrogen) atoms. The lowest BCUT2D eigenvalue weighted by molar-refractivity contribution is -0.151. The summed E-state index contributed by atoms with van der Waals surface area (Å²) in [7, 11) is 0. The number of nitrogens with two attached hydrogens (primary N) is 3. The van der Waals surface area contributed by atoms with Crippen molar-refractivity contribution < 1.29 is 112 Å². The maximum Gasteiger partial charge on any atom is 0.417 e. The first-order valence-corrected chi connectivity index (χ1v) is 31.8. The van der Waals surface area contributed by atoms with E-state index in [0.717, 1.165) is 23.7 Å². The molecule has 2 saturated carbocycles. The lowest BCUT2D eigenvalue weighted by Crippen LogP contribution is -2.47.